The first-order valence-corrected chi connectivity index (χ1v) is 6.62. The molecule has 0 radical (unpaired) electrons. The minimum atomic E-state index is -0.851. The fraction of sp³-hybridized carbons (Fsp3) is 0.417. The van der Waals surface area contributed by atoms with Gasteiger partial charge in [0.05, 0.1) is 0 Å². The Bertz CT molecular complexity index is 594. The molecule has 0 spiro atoms. The molecule has 1 atom stereocenters. The van der Waals surface area contributed by atoms with Gasteiger partial charge in [-0.15, -0.1) is 0 Å². The number of aromatic nitrogens is 3. The topological polar surface area (TPSA) is 68.0 Å². The van der Waals surface area contributed by atoms with Gasteiger partial charge in [0.2, 0.25) is 0 Å². The van der Waals surface area contributed by atoms with E-state index >= 15 is 0 Å². The molecule has 2 rings (SSSR count). The number of carboxylic acid groups (broad SMARTS) is 1. The molecule has 2 heterocycles. The van der Waals surface area contributed by atoms with Crippen molar-refractivity contribution < 1.29 is 9.90 Å². The molecule has 96 valence electrons. The van der Waals surface area contributed by atoms with Crippen molar-refractivity contribution in [2.24, 2.45) is 0 Å². The number of hydrogen-bond acceptors (Lipinski definition) is 3. The third kappa shape index (κ3) is 2.12. The molecule has 0 aromatic carbocycles. The van der Waals surface area contributed by atoms with Crippen LogP contribution in [-0.2, 0) is 11.2 Å². The first-order chi connectivity index (χ1) is 8.58. The molecule has 0 amide bonds. The standard InChI is InChI=1S/C12H14BrN3O2/c1-3-9(12(17)18)16-10(4-2)15-8-5-7(13)6-14-11(8)16/h5-6,9H,3-4H2,1-2H3,(H,17,18). The van der Waals surface area contributed by atoms with Crippen LogP contribution in [0.15, 0.2) is 16.7 Å². The largest absolute Gasteiger partial charge is 0.480 e. The summed E-state index contributed by atoms with van der Waals surface area (Å²) in [5.74, 6) is -0.0962. The normalized spacial score (nSPS) is 12.8. The molecule has 18 heavy (non-hydrogen) atoms. The van der Waals surface area contributed by atoms with Crippen LogP contribution in [0.4, 0.5) is 0 Å². The average Bonchev–Trinajstić information content (AvgIpc) is 2.67. The fourth-order valence-corrected chi connectivity index (χ4v) is 2.37. The lowest BCUT2D eigenvalue weighted by Gasteiger charge is -2.14. The van der Waals surface area contributed by atoms with Crippen LogP contribution < -0.4 is 0 Å². The van der Waals surface area contributed by atoms with E-state index in [0.717, 1.165) is 15.8 Å². The Labute approximate surface area is 113 Å². The van der Waals surface area contributed by atoms with Gasteiger partial charge in [-0.3, -0.25) is 4.57 Å². The van der Waals surface area contributed by atoms with Crippen LogP contribution in [0.1, 0.15) is 32.1 Å². The lowest BCUT2D eigenvalue weighted by atomic mass is 10.2. The van der Waals surface area contributed by atoms with Crippen LogP contribution in [0.2, 0.25) is 0 Å². The van der Waals surface area contributed by atoms with Crippen molar-refractivity contribution in [3.8, 4) is 0 Å². The fourth-order valence-electron chi connectivity index (χ4n) is 2.05. The number of rotatable bonds is 4. The summed E-state index contributed by atoms with van der Waals surface area (Å²) < 4.78 is 2.56. The van der Waals surface area contributed by atoms with E-state index in [2.05, 4.69) is 25.9 Å². The van der Waals surface area contributed by atoms with Crippen molar-refractivity contribution in [1.29, 1.82) is 0 Å². The molecule has 0 saturated heterocycles. The quantitative estimate of drug-likeness (QED) is 0.942. The highest BCUT2D eigenvalue weighted by Gasteiger charge is 2.23. The molecule has 1 N–H and O–H groups in total. The smallest absolute Gasteiger partial charge is 0.326 e. The number of carbonyl (C=O) groups is 1. The zero-order valence-electron chi connectivity index (χ0n) is 10.2. The summed E-state index contributed by atoms with van der Waals surface area (Å²) in [6.45, 7) is 3.81. The maximum Gasteiger partial charge on any atom is 0.326 e. The Kier molecular flexibility index (Phi) is 3.65. The first kappa shape index (κ1) is 13.0. The summed E-state index contributed by atoms with van der Waals surface area (Å²) in [5.41, 5.74) is 1.35. The second kappa shape index (κ2) is 5.06. The zero-order chi connectivity index (χ0) is 13.3. The Morgan fingerprint density at radius 3 is 2.83 bits per heavy atom. The molecule has 0 aliphatic rings. The van der Waals surface area contributed by atoms with Gasteiger partial charge in [-0.1, -0.05) is 13.8 Å². The minimum absolute atomic E-state index is 0.505. The molecule has 1 unspecified atom stereocenters. The summed E-state index contributed by atoms with van der Waals surface area (Å²) in [6.07, 6.45) is 2.85. The summed E-state index contributed by atoms with van der Waals surface area (Å²) in [5, 5.41) is 9.29. The van der Waals surface area contributed by atoms with Gasteiger partial charge >= 0.3 is 5.97 Å². The van der Waals surface area contributed by atoms with Gasteiger partial charge < -0.3 is 5.11 Å². The average molecular weight is 312 g/mol. The molecule has 0 saturated carbocycles. The highest BCUT2D eigenvalue weighted by molar-refractivity contribution is 9.10. The van der Waals surface area contributed by atoms with Crippen molar-refractivity contribution in [3.63, 3.8) is 0 Å². The molecular weight excluding hydrogens is 298 g/mol. The van der Waals surface area contributed by atoms with E-state index in [0.29, 0.717) is 18.5 Å². The number of hydrogen-bond donors (Lipinski definition) is 1. The predicted octanol–water partition coefficient (Wildman–Crippen LogP) is 2.79. The van der Waals surface area contributed by atoms with Gasteiger partial charge in [0, 0.05) is 17.1 Å². The monoisotopic (exact) mass is 311 g/mol. The van der Waals surface area contributed by atoms with E-state index in [1.54, 1.807) is 10.8 Å². The van der Waals surface area contributed by atoms with Crippen LogP contribution in [0.25, 0.3) is 11.2 Å². The second-order valence-corrected chi connectivity index (χ2v) is 4.93. The van der Waals surface area contributed by atoms with Gasteiger partial charge in [-0.05, 0) is 28.4 Å². The first-order valence-electron chi connectivity index (χ1n) is 5.83. The van der Waals surface area contributed by atoms with Crippen LogP contribution in [0.5, 0.6) is 0 Å². The van der Waals surface area contributed by atoms with Crippen molar-refractivity contribution in [2.75, 3.05) is 0 Å². The van der Waals surface area contributed by atoms with Gasteiger partial charge in [0.15, 0.2) is 5.65 Å². The lowest BCUT2D eigenvalue weighted by molar-refractivity contribution is -0.140. The van der Waals surface area contributed by atoms with Crippen LogP contribution >= 0.6 is 15.9 Å². The summed E-state index contributed by atoms with van der Waals surface area (Å²) in [7, 11) is 0. The van der Waals surface area contributed by atoms with E-state index in [-0.39, 0.29) is 0 Å². The van der Waals surface area contributed by atoms with E-state index in [1.165, 1.54) is 0 Å². The number of halogens is 1. The third-order valence-corrected chi connectivity index (χ3v) is 3.30. The summed E-state index contributed by atoms with van der Waals surface area (Å²) >= 11 is 3.34. The number of aryl methyl sites for hydroxylation is 1. The summed E-state index contributed by atoms with van der Waals surface area (Å²) in [6, 6.07) is 1.24. The second-order valence-electron chi connectivity index (χ2n) is 4.01. The minimum Gasteiger partial charge on any atom is -0.480 e. The molecular formula is C12H14BrN3O2. The van der Waals surface area contributed by atoms with E-state index < -0.39 is 12.0 Å². The van der Waals surface area contributed by atoms with Crippen LogP contribution in [0, 0.1) is 0 Å². The van der Waals surface area contributed by atoms with Crippen molar-refractivity contribution in [2.45, 2.75) is 32.7 Å². The molecule has 2 aromatic heterocycles. The Morgan fingerprint density at radius 1 is 1.56 bits per heavy atom. The van der Waals surface area contributed by atoms with Crippen molar-refractivity contribution in [3.05, 3.63) is 22.6 Å². The van der Waals surface area contributed by atoms with E-state index in [4.69, 9.17) is 0 Å². The summed E-state index contributed by atoms with van der Waals surface area (Å²) in [4.78, 5) is 20.1. The van der Waals surface area contributed by atoms with Gasteiger partial charge in [0.1, 0.15) is 17.4 Å². The van der Waals surface area contributed by atoms with Gasteiger partial charge in [-0.25, -0.2) is 14.8 Å². The highest BCUT2D eigenvalue weighted by atomic mass is 79.9. The maximum absolute atomic E-state index is 11.3. The van der Waals surface area contributed by atoms with Gasteiger partial charge in [0.25, 0.3) is 0 Å². The van der Waals surface area contributed by atoms with E-state index in [9.17, 15) is 9.90 Å². The van der Waals surface area contributed by atoms with Crippen molar-refractivity contribution >= 4 is 33.1 Å². The van der Waals surface area contributed by atoms with Gasteiger partial charge in [-0.2, -0.15) is 0 Å². The Morgan fingerprint density at radius 2 is 2.28 bits per heavy atom. The third-order valence-electron chi connectivity index (χ3n) is 2.87. The Balaban J connectivity index is 2.70. The molecule has 6 heteroatoms. The number of imidazole rings is 1. The van der Waals surface area contributed by atoms with E-state index in [1.807, 2.05) is 19.9 Å². The molecule has 5 nitrogen and oxygen atoms in total. The lowest BCUT2D eigenvalue weighted by Crippen LogP contribution is -2.20. The van der Waals surface area contributed by atoms with Crippen molar-refractivity contribution in [1.82, 2.24) is 14.5 Å². The number of fused-ring (bicyclic) bond motifs is 1. The highest BCUT2D eigenvalue weighted by Crippen LogP contribution is 2.24. The predicted molar refractivity (Wildman–Crippen MR) is 71.6 cm³/mol. The van der Waals surface area contributed by atoms with Crippen LogP contribution in [-0.4, -0.2) is 25.6 Å². The molecule has 0 bridgehead atoms. The number of carboxylic acids is 1. The number of aliphatic carboxylic acids is 1. The molecule has 0 aliphatic carbocycles. The zero-order valence-corrected chi connectivity index (χ0v) is 11.8. The maximum atomic E-state index is 11.3. The number of pyridine rings is 1. The molecule has 0 aliphatic heterocycles. The Hall–Kier alpha value is -1.43. The molecule has 2 aromatic rings. The number of nitrogens with zero attached hydrogens (tertiary/aromatic N) is 3. The SMILES string of the molecule is CCc1nc2cc(Br)cnc2n1C(CC)C(=O)O. The van der Waals surface area contributed by atoms with Crippen LogP contribution in [0.3, 0.4) is 0 Å². The molecule has 0 fully saturated rings.